The Kier molecular flexibility index (Phi) is 4.78. The molecule has 0 unspecified atom stereocenters. The summed E-state index contributed by atoms with van der Waals surface area (Å²) in [5.41, 5.74) is -0.426. The first-order chi connectivity index (χ1) is 8.12. The van der Waals surface area contributed by atoms with E-state index in [0.717, 1.165) is 12.8 Å². The van der Waals surface area contributed by atoms with Gasteiger partial charge in [-0.15, -0.1) is 0 Å². The summed E-state index contributed by atoms with van der Waals surface area (Å²) in [6.07, 6.45) is 1.40. The van der Waals surface area contributed by atoms with Crippen LogP contribution in [0.5, 0.6) is 0 Å². The number of rotatable bonds is 4. The second kappa shape index (κ2) is 5.57. The lowest BCUT2D eigenvalue weighted by Gasteiger charge is -2.23. The molecule has 1 N–H and O–H groups in total. The highest BCUT2D eigenvalue weighted by Gasteiger charge is 2.33. The Morgan fingerprint density at radius 1 is 1.44 bits per heavy atom. The maximum atomic E-state index is 12.1. The van der Waals surface area contributed by atoms with Gasteiger partial charge in [-0.1, -0.05) is 0 Å². The minimum atomic E-state index is -3.45. The standard InChI is InChI=1S/C12H23NO4S/c1-9(11(14)13-12(2,3)4)18(15,16)8-10-6-5-7-17-10/h9-10H,5-8H2,1-4H3,(H,13,14)/t9-,10-/m0/s1. The van der Waals surface area contributed by atoms with Crippen molar-refractivity contribution in [3.8, 4) is 0 Å². The van der Waals surface area contributed by atoms with Gasteiger partial charge < -0.3 is 10.1 Å². The van der Waals surface area contributed by atoms with Gasteiger partial charge in [-0.2, -0.15) is 0 Å². The fourth-order valence-electron chi connectivity index (χ4n) is 1.81. The number of carbonyl (C=O) groups excluding carboxylic acids is 1. The maximum Gasteiger partial charge on any atom is 0.238 e. The minimum absolute atomic E-state index is 0.0638. The normalized spacial score (nSPS) is 22.8. The Balaban J connectivity index is 2.63. The van der Waals surface area contributed by atoms with E-state index in [4.69, 9.17) is 4.74 Å². The molecular weight excluding hydrogens is 254 g/mol. The van der Waals surface area contributed by atoms with E-state index >= 15 is 0 Å². The molecule has 5 nitrogen and oxygen atoms in total. The topological polar surface area (TPSA) is 72.5 Å². The van der Waals surface area contributed by atoms with Gasteiger partial charge in [-0.25, -0.2) is 8.42 Å². The van der Waals surface area contributed by atoms with Crippen molar-refractivity contribution in [1.82, 2.24) is 5.32 Å². The molecular formula is C12H23NO4S. The summed E-state index contributed by atoms with van der Waals surface area (Å²) in [6, 6.07) is 0. The third-order valence-electron chi connectivity index (χ3n) is 2.85. The maximum absolute atomic E-state index is 12.1. The number of hydrogen-bond acceptors (Lipinski definition) is 4. The average molecular weight is 277 g/mol. The molecule has 18 heavy (non-hydrogen) atoms. The molecule has 106 valence electrons. The summed E-state index contributed by atoms with van der Waals surface area (Å²) >= 11 is 0. The summed E-state index contributed by atoms with van der Waals surface area (Å²) in [4.78, 5) is 11.8. The highest BCUT2D eigenvalue weighted by Crippen LogP contribution is 2.16. The van der Waals surface area contributed by atoms with Gasteiger partial charge in [0.1, 0.15) is 5.25 Å². The van der Waals surface area contributed by atoms with Gasteiger partial charge >= 0.3 is 0 Å². The zero-order valence-electron chi connectivity index (χ0n) is 11.5. The Labute approximate surface area is 109 Å². The molecule has 0 aromatic carbocycles. The third-order valence-corrected chi connectivity index (χ3v) is 4.98. The lowest BCUT2D eigenvalue weighted by molar-refractivity contribution is -0.121. The van der Waals surface area contributed by atoms with E-state index < -0.39 is 26.5 Å². The van der Waals surface area contributed by atoms with E-state index in [9.17, 15) is 13.2 Å². The van der Waals surface area contributed by atoms with Crippen molar-refractivity contribution in [1.29, 1.82) is 0 Å². The predicted molar refractivity (Wildman–Crippen MR) is 70.1 cm³/mol. The molecule has 1 aliphatic rings. The van der Waals surface area contributed by atoms with Gasteiger partial charge in [-0.05, 0) is 40.5 Å². The van der Waals surface area contributed by atoms with Crippen LogP contribution >= 0.6 is 0 Å². The van der Waals surface area contributed by atoms with Crippen molar-refractivity contribution in [2.45, 2.75) is 57.4 Å². The summed E-state index contributed by atoms with van der Waals surface area (Å²) < 4.78 is 29.5. The smallest absolute Gasteiger partial charge is 0.238 e. The van der Waals surface area contributed by atoms with Crippen LogP contribution in [0, 0.1) is 0 Å². The first-order valence-corrected chi connectivity index (χ1v) is 7.98. The molecule has 2 atom stereocenters. The molecule has 0 radical (unpaired) electrons. The number of amides is 1. The second-order valence-corrected chi connectivity index (χ2v) is 8.21. The molecule has 6 heteroatoms. The number of hydrogen-bond donors (Lipinski definition) is 1. The molecule has 1 rings (SSSR count). The lowest BCUT2D eigenvalue weighted by Crippen LogP contribution is -2.48. The van der Waals surface area contributed by atoms with Crippen LogP contribution in [0.25, 0.3) is 0 Å². The summed E-state index contributed by atoms with van der Waals surface area (Å²) in [6.45, 7) is 7.52. The molecule has 1 aliphatic heterocycles. The predicted octanol–water partition coefficient (Wildman–Crippen LogP) is 0.883. The summed E-state index contributed by atoms with van der Waals surface area (Å²) in [5.74, 6) is -0.508. The Morgan fingerprint density at radius 3 is 2.50 bits per heavy atom. The number of ether oxygens (including phenoxy) is 1. The van der Waals surface area contributed by atoms with Crippen LogP contribution in [-0.4, -0.2) is 43.6 Å². The van der Waals surface area contributed by atoms with Gasteiger partial charge in [0.05, 0.1) is 11.9 Å². The van der Waals surface area contributed by atoms with Crippen molar-refractivity contribution >= 4 is 15.7 Å². The highest BCUT2D eigenvalue weighted by molar-refractivity contribution is 7.92. The number of nitrogens with one attached hydrogen (secondary N) is 1. The molecule has 1 fully saturated rings. The summed E-state index contributed by atoms with van der Waals surface area (Å²) in [5, 5.41) is 1.66. The molecule has 0 aliphatic carbocycles. The quantitative estimate of drug-likeness (QED) is 0.828. The van der Waals surface area contributed by atoms with Crippen molar-refractivity contribution < 1.29 is 17.9 Å². The van der Waals surface area contributed by atoms with E-state index in [-0.39, 0.29) is 11.9 Å². The Morgan fingerprint density at radius 2 is 2.06 bits per heavy atom. The molecule has 0 saturated carbocycles. The largest absolute Gasteiger partial charge is 0.377 e. The van der Waals surface area contributed by atoms with E-state index in [1.807, 2.05) is 20.8 Å². The van der Waals surface area contributed by atoms with Crippen LogP contribution < -0.4 is 5.32 Å². The van der Waals surface area contributed by atoms with Crippen LogP contribution in [-0.2, 0) is 19.4 Å². The first-order valence-electron chi connectivity index (χ1n) is 6.27. The van der Waals surface area contributed by atoms with Gasteiger partial charge in [0.15, 0.2) is 9.84 Å². The SMILES string of the molecule is C[C@@H](C(=O)NC(C)(C)C)S(=O)(=O)C[C@@H]1CCCO1. The fraction of sp³-hybridized carbons (Fsp3) is 0.917. The van der Waals surface area contributed by atoms with Gasteiger partial charge in [0.25, 0.3) is 0 Å². The van der Waals surface area contributed by atoms with E-state index in [1.54, 1.807) is 0 Å². The van der Waals surface area contributed by atoms with Gasteiger partial charge in [-0.3, -0.25) is 4.79 Å². The summed E-state index contributed by atoms with van der Waals surface area (Å²) in [7, 11) is -3.45. The molecule has 1 amide bonds. The Bertz CT molecular complexity index is 391. The lowest BCUT2D eigenvalue weighted by atomic mass is 10.1. The zero-order chi connectivity index (χ0) is 14.0. The highest BCUT2D eigenvalue weighted by atomic mass is 32.2. The van der Waals surface area contributed by atoms with Crippen molar-refractivity contribution in [3.05, 3.63) is 0 Å². The molecule has 0 aromatic rings. The van der Waals surface area contributed by atoms with Crippen LogP contribution in [0.15, 0.2) is 0 Å². The molecule has 0 aromatic heterocycles. The number of carbonyl (C=O) groups is 1. The first kappa shape index (κ1) is 15.4. The molecule has 0 bridgehead atoms. The van der Waals surface area contributed by atoms with Gasteiger partial charge in [0.2, 0.25) is 5.91 Å². The van der Waals surface area contributed by atoms with Crippen molar-refractivity contribution in [2.75, 3.05) is 12.4 Å². The molecule has 1 heterocycles. The minimum Gasteiger partial charge on any atom is -0.377 e. The van der Waals surface area contributed by atoms with E-state index in [0.29, 0.717) is 6.61 Å². The Hall–Kier alpha value is -0.620. The second-order valence-electron chi connectivity index (χ2n) is 5.85. The number of sulfone groups is 1. The van der Waals surface area contributed by atoms with Gasteiger partial charge in [0, 0.05) is 12.1 Å². The molecule has 0 spiro atoms. The average Bonchev–Trinajstić information content (AvgIpc) is 2.65. The molecule has 1 saturated heterocycles. The van der Waals surface area contributed by atoms with Crippen LogP contribution in [0.1, 0.15) is 40.5 Å². The van der Waals surface area contributed by atoms with Crippen molar-refractivity contribution in [3.63, 3.8) is 0 Å². The van der Waals surface area contributed by atoms with Crippen LogP contribution in [0.4, 0.5) is 0 Å². The van der Waals surface area contributed by atoms with E-state index in [2.05, 4.69) is 5.32 Å². The van der Waals surface area contributed by atoms with Crippen LogP contribution in [0.3, 0.4) is 0 Å². The van der Waals surface area contributed by atoms with E-state index in [1.165, 1.54) is 6.92 Å². The third kappa shape index (κ3) is 4.57. The fourth-order valence-corrected chi connectivity index (χ4v) is 3.27. The monoisotopic (exact) mass is 277 g/mol. The van der Waals surface area contributed by atoms with Crippen molar-refractivity contribution in [2.24, 2.45) is 0 Å². The van der Waals surface area contributed by atoms with Crippen LogP contribution in [0.2, 0.25) is 0 Å². The zero-order valence-corrected chi connectivity index (χ0v) is 12.3.